The molecule has 0 aliphatic carbocycles. The molecule has 0 saturated carbocycles. The van der Waals surface area contributed by atoms with Crippen LogP contribution in [0.15, 0.2) is 27.8 Å². The van der Waals surface area contributed by atoms with E-state index in [4.69, 9.17) is 13.9 Å². The maximum absolute atomic E-state index is 11.5. The van der Waals surface area contributed by atoms with Gasteiger partial charge in [-0.2, -0.15) is 0 Å². The second-order valence-corrected chi connectivity index (χ2v) is 5.32. The number of nitrogens with one attached hydrogen (secondary N) is 2. The number of rotatable bonds is 6. The van der Waals surface area contributed by atoms with Gasteiger partial charge >= 0.3 is 6.03 Å². The van der Waals surface area contributed by atoms with Gasteiger partial charge < -0.3 is 19.2 Å². The summed E-state index contributed by atoms with van der Waals surface area (Å²) >= 11 is 1.02. The molecule has 0 aliphatic heterocycles. The number of ether oxygens (including phenoxy) is 2. The Balaban J connectivity index is 2.05. The van der Waals surface area contributed by atoms with Crippen molar-refractivity contribution in [1.29, 1.82) is 0 Å². The van der Waals surface area contributed by atoms with Crippen LogP contribution < -0.4 is 20.1 Å². The normalized spacial score (nSPS) is 10.1. The summed E-state index contributed by atoms with van der Waals surface area (Å²) in [5.41, 5.74) is 0.625. The molecule has 1 aromatic heterocycles. The summed E-state index contributed by atoms with van der Waals surface area (Å²) < 4.78 is 15.9. The Bertz CT molecular complexity index is 711. The van der Waals surface area contributed by atoms with Gasteiger partial charge in [0, 0.05) is 18.7 Å². The topological polar surface area (TPSA) is 116 Å². The van der Waals surface area contributed by atoms with E-state index in [9.17, 15) is 9.59 Å². The summed E-state index contributed by atoms with van der Waals surface area (Å²) in [5, 5.41) is 12.4. The third kappa shape index (κ3) is 4.62. The third-order valence-electron chi connectivity index (χ3n) is 2.81. The van der Waals surface area contributed by atoms with Crippen LogP contribution >= 0.6 is 11.8 Å². The average Bonchev–Trinajstić information content (AvgIpc) is 3.08. The van der Waals surface area contributed by atoms with E-state index in [0.29, 0.717) is 17.1 Å². The molecule has 2 rings (SSSR count). The highest BCUT2D eigenvalue weighted by Crippen LogP contribution is 2.30. The quantitative estimate of drug-likeness (QED) is 0.748. The fourth-order valence-corrected chi connectivity index (χ4v) is 2.23. The molecule has 128 valence electrons. The van der Waals surface area contributed by atoms with E-state index in [0.717, 1.165) is 11.8 Å². The Hall–Kier alpha value is -2.75. The van der Waals surface area contributed by atoms with E-state index < -0.39 is 11.9 Å². The third-order valence-corrected chi connectivity index (χ3v) is 3.63. The molecule has 9 nitrogen and oxygen atoms in total. The van der Waals surface area contributed by atoms with Crippen molar-refractivity contribution in [1.82, 2.24) is 20.8 Å². The van der Waals surface area contributed by atoms with E-state index in [1.54, 1.807) is 32.4 Å². The first kappa shape index (κ1) is 17.6. The number of methoxy groups -OCH3 is 2. The molecule has 0 atom stereocenters. The second kappa shape index (κ2) is 8.20. The minimum atomic E-state index is -0.574. The van der Waals surface area contributed by atoms with E-state index in [1.165, 1.54) is 7.05 Å². The lowest BCUT2D eigenvalue weighted by Gasteiger charge is -2.05. The van der Waals surface area contributed by atoms with Crippen LogP contribution in [0.1, 0.15) is 0 Å². The summed E-state index contributed by atoms with van der Waals surface area (Å²) in [7, 11) is 4.50. The Morgan fingerprint density at radius 3 is 2.42 bits per heavy atom. The first-order chi connectivity index (χ1) is 11.5. The van der Waals surface area contributed by atoms with Gasteiger partial charge in [0.1, 0.15) is 11.5 Å². The predicted molar refractivity (Wildman–Crippen MR) is 86.2 cm³/mol. The minimum Gasteiger partial charge on any atom is -0.497 e. The molecule has 24 heavy (non-hydrogen) atoms. The van der Waals surface area contributed by atoms with Crippen molar-refractivity contribution in [2.24, 2.45) is 0 Å². The molecule has 0 radical (unpaired) electrons. The SMILES string of the molecule is CNC(=O)NC(=O)CSc1nnc(-c2cc(OC)cc(OC)c2)o1. The van der Waals surface area contributed by atoms with Crippen molar-refractivity contribution in [2.75, 3.05) is 27.0 Å². The number of amides is 3. The average molecular weight is 352 g/mol. The van der Waals surface area contributed by atoms with Gasteiger partial charge in [-0.05, 0) is 12.1 Å². The van der Waals surface area contributed by atoms with Crippen molar-refractivity contribution >= 4 is 23.7 Å². The highest BCUT2D eigenvalue weighted by atomic mass is 32.2. The highest BCUT2D eigenvalue weighted by molar-refractivity contribution is 7.99. The van der Waals surface area contributed by atoms with Gasteiger partial charge in [0.15, 0.2) is 0 Å². The van der Waals surface area contributed by atoms with Crippen LogP contribution in [-0.4, -0.2) is 49.2 Å². The fourth-order valence-electron chi connectivity index (χ4n) is 1.67. The number of hydrogen-bond donors (Lipinski definition) is 2. The first-order valence-electron chi connectivity index (χ1n) is 6.77. The number of nitrogens with zero attached hydrogens (tertiary/aromatic N) is 2. The van der Waals surface area contributed by atoms with E-state index in [2.05, 4.69) is 20.8 Å². The molecule has 10 heteroatoms. The Labute approximate surface area is 142 Å². The number of carbonyl (C=O) groups excluding carboxylic acids is 2. The molecule has 2 N–H and O–H groups in total. The lowest BCUT2D eigenvalue weighted by atomic mass is 10.2. The van der Waals surface area contributed by atoms with Gasteiger partial charge in [0.25, 0.3) is 5.22 Å². The molecule has 3 amide bonds. The lowest BCUT2D eigenvalue weighted by molar-refractivity contribution is -0.117. The summed E-state index contributed by atoms with van der Waals surface area (Å²) in [4.78, 5) is 22.5. The van der Waals surface area contributed by atoms with E-state index in [1.807, 2.05) is 0 Å². The summed E-state index contributed by atoms with van der Waals surface area (Å²) in [6.45, 7) is 0. The van der Waals surface area contributed by atoms with Crippen LogP contribution in [0.3, 0.4) is 0 Å². The molecule has 2 aromatic rings. The predicted octanol–water partition coefficient (Wildman–Crippen LogP) is 1.30. The molecular formula is C14H16N4O5S. The monoisotopic (exact) mass is 352 g/mol. The second-order valence-electron chi connectivity index (χ2n) is 4.39. The molecule has 0 saturated heterocycles. The van der Waals surface area contributed by atoms with Gasteiger partial charge in [-0.25, -0.2) is 4.79 Å². The largest absolute Gasteiger partial charge is 0.497 e. The Morgan fingerprint density at radius 1 is 1.17 bits per heavy atom. The number of benzene rings is 1. The van der Waals surface area contributed by atoms with Crippen LogP contribution in [0, 0.1) is 0 Å². The molecule has 0 spiro atoms. The zero-order valence-electron chi connectivity index (χ0n) is 13.3. The maximum Gasteiger partial charge on any atom is 0.321 e. The minimum absolute atomic E-state index is 0.0313. The van der Waals surface area contributed by atoms with Gasteiger partial charge in [-0.3, -0.25) is 10.1 Å². The van der Waals surface area contributed by atoms with E-state index >= 15 is 0 Å². The van der Waals surface area contributed by atoms with Crippen molar-refractivity contribution in [3.63, 3.8) is 0 Å². The Morgan fingerprint density at radius 2 is 1.83 bits per heavy atom. The summed E-state index contributed by atoms with van der Waals surface area (Å²) in [6, 6.07) is 4.60. The summed E-state index contributed by atoms with van der Waals surface area (Å²) in [6.07, 6.45) is 0. The fraction of sp³-hybridized carbons (Fsp3) is 0.286. The number of thioether (sulfide) groups is 1. The van der Waals surface area contributed by atoms with E-state index in [-0.39, 0.29) is 16.9 Å². The summed E-state index contributed by atoms with van der Waals surface area (Å²) in [5.74, 6) is 0.934. The van der Waals surface area contributed by atoms with Crippen LogP contribution in [0.4, 0.5) is 4.79 Å². The molecule has 1 heterocycles. The number of carbonyl (C=O) groups is 2. The molecule has 0 unspecified atom stereocenters. The number of aromatic nitrogens is 2. The molecule has 0 fully saturated rings. The molecule has 1 aromatic carbocycles. The molecular weight excluding hydrogens is 336 g/mol. The zero-order chi connectivity index (χ0) is 17.5. The number of urea groups is 1. The van der Waals surface area contributed by atoms with Crippen LogP contribution in [0.5, 0.6) is 11.5 Å². The van der Waals surface area contributed by atoms with Crippen molar-refractivity contribution in [2.45, 2.75) is 5.22 Å². The molecule has 0 aliphatic rings. The van der Waals surface area contributed by atoms with Crippen molar-refractivity contribution < 1.29 is 23.5 Å². The van der Waals surface area contributed by atoms with Gasteiger partial charge in [0.05, 0.1) is 20.0 Å². The zero-order valence-corrected chi connectivity index (χ0v) is 14.1. The van der Waals surface area contributed by atoms with Crippen LogP contribution in [0.25, 0.3) is 11.5 Å². The highest BCUT2D eigenvalue weighted by Gasteiger charge is 2.14. The van der Waals surface area contributed by atoms with Gasteiger partial charge in [-0.1, -0.05) is 11.8 Å². The lowest BCUT2D eigenvalue weighted by Crippen LogP contribution is -2.38. The maximum atomic E-state index is 11.5. The smallest absolute Gasteiger partial charge is 0.321 e. The van der Waals surface area contributed by atoms with Gasteiger partial charge in [0.2, 0.25) is 11.8 Å². The van der Waals surface area contributed by atoms with Crippen LogP contribution in [0.2, 0.25) is 0 Å². The van der Waals surface area contributed by atoms with Crippen molar-refractivity contribution in [3.05, 3.63) is 18.2 Å². The van der Waals surface area contributed by atoms with Crippen molar-refractivity contribution in [3.8, 4) is 23.0 Å². The number of imide groups is 1. The van der Waals surface area contributed by atoms with Gasteiger partial charge in [-0.15, -0.1) is 10.2 Å². The first-order valence-corrected chi connectivity index (χ1v) is 7.75. The Kier molecular flexibility index (Phi) is 6.01. The van der Waals surface area contributed by atoms with Crippen LogP contribution in [-0.2, 0) is 4.79 Å². The molecule has 0 bridgehead atoms. The standard InChI is InChI=1S/C14H16N4O5S/c1-15-13(20)16-11(19)7-24-14-18-17-12(23-14)8-4-9(21-2)6-10(5-8)22-3/h4-6H,7H2,1-3H3,(H2,15,16,19,20). The number of hydrogen-bond acceptors (Lipinski definition) is 8.